The Hall–Kier alpha value is -4.31. The number of nitrogens with two attached hydrogens (primary N) is 1. The molecule has 4 aromatic rings. The maximum atomic E-state index is 13.0. The molecule has 0 bridgehead atoms. The minimum absolute atomic E-state index is 0.00121. The zero-order valence-electron chi connectivity index (χ0n) is 32.4. The van der Waals surface area contributed by atoms with Gasteiger partial charge in [-0.3, -0.25) is 9.69 Å². The van der Waals surface area contributed by atoms with E-state index in [0.29, 0.717) is 42.6 Å². The van der Waals surface area contributed by atoms with Gasteiger partial charge in [-0.1, -0.05) is 33.3 Å². The van der Waals surface area contributed by atoms with Crippen LogP contribution in [0.3, 0.4) is 0 Å². The predicted octanol–water partition coefficient (Wildman–Crippen LogP) is 8.58. The topological polar surface area (TPSA) is 120 Å². The third-order valence-electron chi connectivity index (χ3n) is 12.3. The Morgan fingerprint density at radius 1 is 0.943 bits per heavy atom. The highest BCUT2D eigenvalue weighted by Gasteiger charge is 2.38. The van der Waals surface area contributed by atoms with Crippen molar-refractivity contribution in [1.82, 2.24) is 19.4 Å². The van der Waals surface area contributed by atoms with Gasteiger partial charge < -0.3 is 30.4 Å². The van der Waals surface area contributed by atoms with E-state index in [1.807, 2.05) is 30.3 Å². The summed E-state index contributed by atoms with van der Waals surface area (Å²) < 4.78 is 13.4. The van der Waals surface area contributed by atoms with Crippen molar-refractivity contribution in [2.24, 2.45) is 17.8 Å². The predicted molar refractivity (Wildman–Crippen MR) is 214 cm³/mol. The third-order valence-corrected chi connectivity index (χ3v) is 12.3. The Labute approximate surface area is 315 Å². The fourth-order valence-electron chi connectivity index (χ4n) is 8.68. The standard InChI is InChI=1S/C43H59N7O3/c1-43(2,3)32-12-15-37(44)38(22-32)48-40(51)16-10-29-19-34(20-29)49(25-28-7-6-8-28)26-30-9-13-33(21-30)50-18-17-36-41(46-27-47-42(36)50)45-24-31-11-14-35(52-4)23-39(31)53-5/h11-12,14-15,17-18,22-23,27-30,33-34H,6-10,13,16,19-21,24-26,44H2,1-5H3,(H,48,51)(H,45,46,47). The number of methoxy groups -OCH3 is 2. The molecule has 4 N–H and O–H groups in total. The summed E-state index contributed by atoms with van der Waals surface area (Å²) in [6.07, 6.45) is 15.5. The number of nitrogen functional groups attached to an aromatic ring is 1. The minimum Gasteiger partial charge on any atom is -0.497 e. The van der Waals surface area contributed by atoms with Crippen LogP contribution in [0, 0.1) is 17.8 Å². The second kappa shape index (κ2) is 16.0. The zero-order chi connectivity index (χ0) is 37.1. The number of amides is 1. The molecule has 2 aromatic carbocycles. The molecule has 10 nitrogen and oxygen atoms in total. The molecule has 2 atom stereocenters. The number of nitrogens with zero attached hydrogens (tertiary/aromatic N) is 4. The molecule has 0 aliphatic heterocycles. The van der Waals surface area contributed by atoms with E-state index < -0.39 is 0 Å². The molecule has 0 radical (unpaired) electrons. The van der Waals surface area contributed by atoms with E-state index in [0.717, 1.165) is 51.9 Å². The number of fused-ring (bicyclic) bond motifs is 1. The van der Waals surface area contributed by atoms with Gasteiger partial charge in [-0.25, -0.2) is 9.97 Å². The second-order valence-corrected chi connectivity index (χ2v) is 16.9. The lowest BCUT2D eigenvalue weighted by Crippen LogP contribution is -2.49. The maximum Gasteiger partial charge on any atom is 0.224 e. The van der Waals surface area contributed by atoms with Gasteiger partial charge in [0.1, 0.15) is 29.3 Å². The molecular formula is C43H59N7O3. The number of hydrogen-bond donors (Lipinski definition) is 3. The van der Waals surface area contributed by atoms with Crippen LogP contribution >= 0.6 is 0 Å². The summed E-state index contributed by atoms with van der Waals surface area (Å²) in [5.74, 6) is 4.60. The first-order chi connectivity index (χ1) is 25.6. The van der Waals surface area contributed by atoms with Crippen LogP contribution in [0.5, 0.6) is 11.5 Å². The Kier molecular flexibility index (Phi) is 11.2. The summed E-state index contributed by atoms with van der Waals surface area (Å²) in [4.78, 5) is 25.2. The Morgan fingerprint density at radius 2 is 1.75 bits per heavy atom. The Bertz CT molecular complexity index is 1870. The maximum absolute atomic E-state index is 13.0. The van der Waals surface area contributed by atoms with E-state index in [1.165, 1.54) is 70.0 Å². The Balaban J connectivity index is 0.922. The van der Waals surface area contributed by atoms with E-state index in [-0.39, 0.29) is 11.3 Å². The van der Waals surface area contributed by atoms with Gasteiger partial charge in [0, 0.05) is 56.0 Å². The highest BCUT2D eigenvalue weighted by Crippen LogP contribution is 2.42. The van der Waals surface area contributed by atoms with Crippen LogP contribution in [0.25, 0.3) is 11.0 Å². The summed E-state index contributed by atoms with van der Waals surface area (Å²) in [5, 5.41) is 7.68. The van der Waals surface area contributed by atoms with Gasteiger partial charge in [-0.05, 0) is 110 Å². The number of carbonyl (C=O) groups excluding carboxylic acids is 1. The Morgan fingerprint density at radius 3 is 2.49 bits per heavy atom. The first-order valence-corrected chi connectivity index (χ1v) is 19.8. The van der Waals surface area contributed by atoms with E-state index >= 15 is 0 Å². The molecular weight excluding hydrogens is 663 g/mol. The van der Waals surface area contributed by atoms with Crippen molar-refractivity contribution in [1.29, 1.82) is 0 Å². The second-order valence-electron chi connectivity index (χ2n) is 16.9. The molecule has 2 aromatic heterocycles. The number of anilines is 3. The largest absolute Gasteiger partial charge is 0.497 e. The van der Waals surface area contributed by atoms with Gasteiger partial charge in [-0.2, -0.15) is 0 Å². The van der Waals surface area contributed by atoms with E-state index in [9.17, 15) is 4.79 Å². The number of rotatable bonds is 15. The quantitative estimate of drug-likeness (QED) is 0.105. The van der Waals surface area contributed by atoms with Crippen molar-refractivity contribution < 1.29 is 14.3 Å². The van der Waals surface area contributed by atoms with Crippen LogP contribution in [-0.2, 0) is 16.8 Å². The summed E-state index contributed by atoms with van der Waals surface area (Å²) in [6, 6.07) is 15.1. The lowest BCUT2D eigenvalue weighted by Gasteiger charge is -2.46. The fraction of sp³-hybridized carbons (Fsp3) is 0.558. The van der Waals surface area contributed by atoms with Gasteiger partial charge in [0.2, 0.25) is 5.91 Å². The van der Waals surface area contributed by atoms with Crippen molar-refractivity contribution in [3.8, 4) is 11.5 Å². The average molecular weight is 722 g/mol. The molecule has 3 fully saturated rings. The molecule has 2 unspecified atom stereocenters. The number of hydrogen-bond acceptors (Lipinski definition) is 8. The molecule has 53 heavy (non-hydrogen) atoms. The SMILES string of the molecule is COc1ccc(CNc2ncnc3c2ccn3C2CCC(CN(CC3CCC3)C3CC(CCC(=O)Nc4cc(C(C)(C)C)ccc4N)C3)C2)c(OC)c1. The normalized spacial score (nSPS) is 21.7. The molecule has 0 spiro atoms. The lowest BCUT2D eigenvalue weighted by molar-refractivity contribution is -0.116. The number of carbonyl (C=O) groups is 1. The zero-order valence-corrected chi connectivity index (χ0v) is 32.4. The number of benzene rings is 2. The van der Waals surface area contributed by atoms with Crippen LogP contribution in [0.4, 0.5) is 17.2 Å². The molecule has 7 rings (SSSR count). The first-order valence-electron chi connectivity index (χ1n) is 19.8. The number of aromatic nitrogens is 3. The van der Waals surface area contributed by atoms with Crippen LogP contribution in [0.2, 0.25) is 0 Å². The summed E-state index contributed by atoms with van der Waals surface area (Å²) in [5.41, 5.74) is 10.8. The first kappa shape index (κ1) is 37.0. The van der Waals surface area contributed by atoms with E-state index in [1.54, 1.807) is 20.5 Å². The van der Waals surface area contributed by atoms with Crippen LogP contribution in [-0.4, -0.2) is 58.7 Å². The van der Waals surface area contributed by atoms with Crippen molar-refractivity contribution >= 4 is 34.1 Å². The van der Waals surface area contributed by atoms with Gasteiger partial charge in [0.15, 0.2) is 0 Å². The van der Waals surface area contributed by atoms with Gasteiger partial charge in [0.25, 0.3) is 0 Å². The van der Waals surface area contributed by atoms with Gasteiger partial charge in [-0.15, -0.1) is 0 Å². The van der Waals surface area contributed by atoms with Crippen LogP contribution < -0.4 is 25.8 Å². The number of ether oxygens (including phenoxy) is 2. The summed E-state index contributed by atoms with van der Waals surface area (Å²) in [6.45, 7) is 9.52. The van der Waals surface area contributed by atoms with Crippen LogP contribution in [0.1, 0.15) is 102 Å². The summed E-state index contributed by atoms with van der Waals surface area (Å²) in [7, 11) is 3.34. The van der Waals surface area contributed by atoms with Crippen molar-refractivity contribution in [2.45, 2.75) is 109 Å². The molecule has 1 amide bonds. The molecule has 2 heterocycles. The average Bonchev–Trinajstić information content (AvgIpc) is 3.75. The monoisotopic (exact) mass is 721 g/mol. The van der Waals surface area contributed by atoms with Crippen molar-refractivity contribution in [2.75, 3.05) is 43.7 Å². The highest BCUT2D eigenvalue weighted by atomic mass is 16.5. The summed E-state index contributed by atoms with van der Waals surface area (Å²) >= 11 is 0. The fourth-order valence-corrected chi connectivity index (χ4v) is 8.68. The number of nitrogens with one attached hydrogen (secondary N) is 2. The van der Waals surface area contributed by atoms with Crippen LogP contribution in [0.15, 0.2) is 55.0 Å². The molecule has 284 valence electrons. The van der Waals surface area contributed by atoms with Gasteiger partial charge in [0.05, 0.1) is 31.0 Å². The molecule has 0 saturated heterocycles. The third kappa shape index (κ3) is 8.58. The lowest BCUT2D eigenvalue weighted by atomic mass is 9.75. The smallest absolute Gasteiger partial charge is 0.224 e. The molecule has 3 aliphatic carbocycles. The molecule has 10 heteroatoms. The van der Waals surface area contributed by atoms with Crippen molar-refractivity contribution in [3.63, 3.8) is 0 Å². The van der Waals surface area contributed by atoms with E-state index in [4.69, 9.17) is 20.2 Å². The molecule has 3 saturated carbocycles. The van der Waals surface area contributed by atoms with Crippen molar-refractivity contribution in [3.05, 3.63) is 66.1 Å². The van der Waals surface area contributed by atoms with E-state index in [2.05, 4.69) is 64.2 Å². The van der Waals surface area contributed by atoms with Gasteiger partial charge >= 0.3 is 0 Å². The molecule has 3 aliphatic rings. The minimum atomic E-state index is 0.00121. The highest BCUT2D eigenvalue weighted by molar-refractivity contribution is 5.94.